The number of likely N-dealkylation sites (N-methyl/N-ethyl adjacent to an activating group) is 2. The van der Waals surface area contributed by atoms with Crippen molar-refractivity contribution >= 4 is 57.2 Å². The number of nitrogens with zero attached hydrogens (tertiary/aromatic N) is 6. The summed E-state index contributed by atoms with van der Waals surface area (Å²) in [5.74, 6) is -1.13. The number of likely N-dealkylation sites (tertiary alicyclic amines) is 2. The van der Waals surface area contributed by atoms with E-state index < -0.39 is 24.2 Å². The summed E-state index contributed by atoms with van der Waals surface area (Å²) in [5.41, 5.74) is 6.11. The van der Waals surface area contributed by atoms with Crippen LogP contribution in [0.4, 0.5) is 0 Å². The molecule has 438 valence electrons. The average molecular weight is 1120 g/mol. The minimum absolute atomic E-state index is 0.0839. The zero-order chi connectivity index (χ0) is 58.5. The lowest BCUT2D eigenvalue weighted by Crippen LogP contribution is -2.54. The van der Waals surface area contributed by atoms with E-state index in [0.29, 0.717) is 76.6 Å². The molecule has 0 bridgehead atoms. The first-order valence-corrected chi connectivity index (χ1v) is 29.0. The Morgan fingerprint density at radius 1 is 0.549 bits per heavy atom. The zero-order valence-corrected chi connectivity index (χ0v) is 48.7. The van der Waals surface area contributed by atoms with Crippen molar-refractivity contribution in [3.8, 4) is 11.4 Å². The molecule has 2 fully saturated rings. The first-order chi connectivity index (χ1) is 39.6. The third kappa shape index (κ3) is 14.2. The first-order valence-electron chi connectivity index (χ1n) is 29.0. The van der Waals surface area contributed by atoms with Crippen LogP contribution in [0, 0.1) is 11.8 Å². The fraction of sp³-hybridized carbons (Fsp3) is 0.484. The van der Waals surface area contributed by atoms with Crippen LogP contribution in [0.2, 0.25) is 0 Å². The second kappa shape index (κ2) is 28.5. The Hall–Kier alpha value is -7.52. The van der Waals surface area contributed by atoms with Gasteiger partial charge in [-0.15, -0.1) is 0 Å². The lowest BCUT2D eigenvalue weighted by molar-refractivity contribution is -0.139. The number of carbonyl (C=O) groups is 6. The monoisotopic (exact) mass is 1120 g/mol. The molecule has 0 radical (unpaired) electrons. The van der Waals surface area contributed by atoms with Crippen LogP contribution in [0.1, 0.15) is 124 Å². The van der Waals surface area contributed by atoms with Gasteiger partial charge >= 0.3 is 0 Å². The third-order valence-corrected chi connectivity index (χ3v) is 15.8. The molecule has 8 rings (SSSR count). The molecule has 0 saturated carbocycles. The number of benzene rings is 2. The maximum Gasteiger partial charge on any atom is 0.251 e. The Morgan fingerprint density at radius 2 is 0.963 bits per heavy atom. The predicted octanol–water partition coefficient (Wildman–Crippen LogP) is 6.16. The predicted molar refractivity (Wildman–Crippen MR) is 316 cm³/mol. The van der Waals surface area contributed by atoms with Gasteiger partial charge in [-0.3, -0.25) is 38.7 Å². The van der Waals surface area contributed by atoms with Crippen molar-refractivity contribution in [1.82, 2.24) is 60.8 Å². The molecule has 2 saturated heterocycles. The normalized spacial score (nSPS) is 16.9. The van der Waals surface area contributed by atoms with Crippen LogP contribution in [0.25, 0.3) is 33.2 Å². The Bertz CT molecular complexity index is 2950. The van der Waals surface area contributed by atoms with Gasteiger partial charge in [0.15, 0.2) is 0 Å². The van der Waals surface area contributed by atoms with Crippen LogP contribution >= 0.6 is 0 Å². The minimum atomic E-state index is -0.638. The van der Waals surface area contributed by atoms with E-state index in [0.717, 1.165) is 70.3 Å². The molecule has 6 aromatic rings. The molecule has 6 N–H and O–H groups in total. The van der Waals surface area contributed by atoms with Crippen molar-refractivity contribution in [2.45, 2.75) is 116 Å². The topological polar surface area (TPSA) is 235 Å². The summed E-state index contributed by atoms with van der Waals surface area (Å²) >= 11 is 0. The molecule has 20 nitrogen and oxygen atoms in total. The van der Waals surface area contributed by atoms with Crippen molar-refractivity contribution in [2.24, 2.45) is 11.8 Å². The lowest BCUT2D eigenvalue weighted by atomic mass is 10.0. The van der Waals surface area contributed by atoms with Gasteiger partial charge in [-0.25, -0.2) is 0 Å². The van der Waals surface area contributed by atoms with Crippen LogP contribution in [0.5, 0.6) is 0 Å². The number of hydrogen-bond donors (Lipinski definition) is 6. The third-order valence-electron chi connectivity index (χ3n) is 15.8. The second-order valence-corrected chi connectivity index (χ2v) is 22.0. The molecule has 0 aliphatic carbocycles. The molecule has 4 aromatic heterocycles. The van der Waals surface area contributed by atoms with Gasteiger partial charge in [0.25, 0.3) is 11.8 Å². The van der Waals surface area contributed by atoms with Gasteiger partial charge in [-0.1, -0.05) is 39.8 Å². The number of pyridine rings is 2. The van der Waals surface area contributed by atoms with Crippen LogP contribution < -0.4 is 31.9 Å². The highest BCUT2D eigenvalue weighted by Gasteiger charge is 2.39. The standard InChI is InChI=1S/C62H82N12O8/c1-39(2)55(69-57(75)41(5)63-7)61(79)73-29-11-19-53(73)49-23-21-43(37-67-49)71-31-25-45-47(15-9-17-51(45)71)59(77)65-27-13-33-81-35-36-82-34-14-28-66-60(78)48-16-10-18-52-46(48)26-32-72(52)44-22-24-50(68-38-44)54-20-12-30-74(54)62(80)56(40(3)4)70-58(76)42(6)64-8/h9-10,15-18,21-26,31-32,37-42,53-56,63-64H,11-14,19-20,27-30,33-36H2,1-8H3,(H,65,77)(H,66,78)(H,69,75)(H,70,76)/t41-,42-,53-,54-,55-,56-/m0/s1. The number of aromatic nitrogens is 4. The quantitative estimate of drug-likeness (QED) is 0.0318. The van der Waals surface area contributed by atoms with E-state index in [4.69, 9.17) is 19.4 Å². The van der Waals surface area contributed by atoms with Gasteiger partial charge in [0.2, 0.25) is 23.6 Å². The summed E-state index contributed by atoms with van der Waals surface area (Å²) in [6.07, 6.45) is 12.0. The zero-order valence-electron chi connectivity index (χ0n) is 48.7. The van der Waals surface area contributed by atoms with E-state index >= 15 is 0 Å². The minimum Gasteiger partial charge on any atom is -0.379 e. The summed E-state index contributed by atoms with van der Waals surface area (Å²) in [5, 5.41) is 19.5. The van der Waals surface area contributed by atoms with Crippen molar-refractivity contribution in [3.05, 3.63) is 120 Å². The number of carbonyl (C=O) groups excluding carboxylic acids is 6. The van der Waals surface area contributed by atoms with E-state index in [1.807, 2.05) is 132 Å². The molecule has 0 spiro atoms. The van der Waals surface area contributed by atoms with Gasteiger partial charge in [-0.2, -0.15) is 0 Å². The van der Waals surface area contributed by atoms with E-state index in [2.05, 4.69) is 31.9 Å². The lowest BCUT2D eigenvalue weighted by Gasteiger charge is -2.31. The summed E-state index contributed by atoms with van der Waals surface area (Å²) < 4.78 is 15.6. The van der Waals surface area contributed by atoms with Crippen molar-refractivity contribution in [1.29, 1.82) is 0 Å². The number of amides is 6. The Kier molecular flexibility index (Phi) is 21.0. The molecular weight excluding hydrogens is 1040 g/mol. The maximum absolute atomic E-state index is 13.8. The average Bonchev–Trinajstić information content (AvgIpc) is 4.26. The fourth-order valence-corrected chi connectivity index (χ4v) is 10.8. The summed E-state index contributed by atoms with van der Waals surface area (Å²) in [6, 6.07) is 20.6. The number of ether oxygens (including phenoxy) is 2. The van der Waals surface area contributed by atoms with E-state index in [-0.39, 0.29) is 59.4 Å². The molecular formula is C62H82N12O8. The highest BCUT2D eigenvalue weighted by Crippen LogP contribution is 2.35. The van der Waals surface area contributed by atoms with Crippen LogP contribution in [0.15, 0.2) is 97.6 Å². The van der Waals surface area contributed by atoms with Crippen molar-refractivity contribution in [2.75, 3.05) is 66.7 Å². The smallest absolute Gasteiger partial charge is 0.251 e. The Balaban J connectivity index is 0.728. The number of fused-ring (bicyclic) bond motifs is 2. The van der Waals surface area contributed by atoms with Gasteiger partial charge in [0.1, 0.15) is 12.1 Å². The first kappa shape index (κ1) is 60.6. The molecule has 2 aromatic carbocycles. The summed E-state index contributed by atoms with van der Waals surface area (Å²) in [7, 11) is 3.43. The molecule has 6 heterocycles. The van der Waals surface area contributed by atoms with Crippen molar-refractivity contribution < 1.29 is 38.2 Å². The largest absolute Gasteiger partial charge is 0.379 e. The van der Waals surface area contributed by atoms with Gasteiger partial charge in [0.05, 0.1) is 83.6 Å². The van der Waals surface area contributed by atoms with Gasteiger partial charge < -0.3 is 60.3 Å². The van der Waals surface area contributed by atoms with E-state index in [1.165, 1.54) is 0 Å². The highest BCUT2D eigenvalue weighted by atomic mass is 16.5. The number of hydrogen-bond acceptors (Lipinski definition) is 12. The number of nitrogens with one attached hydrogen (secondary N) is 6. The molecule has 2 aliphatic heterocycles. The Morgan fingerprint density at radius 3 is 1.33 bits per heavy atom. The van der Waals surface area contributed by atoms with Crippen LogP contribution in [0.3, 0.4) is 0 Å². The van der Waals surface area contributed by atoms with E-state index in [1.54, 1.807) is 40.3 Å². The van der Waals surface area contributed by atoms with Crippen LogP contribution in [-0.2, 0) is 28.7 Å². The molecule has 0 unspecified atom stereocenters. The van der Waals surface area contributed by atoms with Gasteiger partial charge in [0, 0.05) is 73.7 Å². The number of rotatable bonds is 27. The van der Waals surface area contributed by atoms with Crippen molar-refractivity contribution in [3.63, 3.8) is 0 Å². The van der Waals surface area contributed by atoms with E-state index in [9.17, 15) is 28.8 Å². The fourth-order valence-electron chi connectivity index (χ4n) is 10.8. The molecule has 6 amide bonds. The summed E-state index contributed by atoms with van der Waals surface area (Å²) in [4.78, 5) is 93.3. The second-order valence-electron chi connectivity index (χ2n) is 22.0. The maximum atomic E-state index is 13.8. The molecule has 82 heavy (non-hydrogen) atoms. The molecule has 2 aliphatic rings. The summed E-state index contributed by atoms with van der Waals surface area (Å²) in [6.45, 7) is 15.1. The van der Waals surface area contributed by atoms with Gasteiger partial charge in [-0.05, 0) is 139 Å². The SMILES string of the molecule is CN[C@@H](C)C(=O)N[C@H](C(=O)N1CCC[C@H]1c1ccc(-n2ccc3c(C(=O)NCCCOCCOCCCNC(=O)c4cccc5c4ccn5-c4ccc([C@@H]5CCCN5C(=O)[C@@H](NC(=O)[C@H](C)NC)C(C)C)nc4)cccc32)cn1)C(C)C. The van der Waals surface area contributed by atoms with Crippen LogP contribution in [-0.4, -0.2) is 155 Å². The molecule has 6 atom stereocenters. The molecule has 20 heteroatoms. The highest BCUT2D eigenvalue weighted by molar-refractivity contribution is 6.07. The Labute approximate surface area is 480 Å².